The summed E-state index contributed by atoms with van der Waals surface area (Å²) in [6.07, 6.45) is 0.437. The molecule has 20 heavy (non-hydrogen) atoms. The molecule has 0 aliphatic rings. The van der Waals surface area contributed by atoms with Gasteiger partial charge in [0.1, 0.15) is 6.04 Å². The van der Waals surface area contributed by atoms with Crippen molar-refractivity contribution in [1.29, 1.82) is 0 Å². The van der Waals surface area contributed by atoms with Gasteiger partial charge in [-0.3, -0.25) is 4.79 Å². The Morgan fingerprint density at radius 2 is 1.85 bits per heavy atom. The summed E-state index contributed by atoms with van der Waals surface area (Å²) in [5.41, 5.74) is 3.38. The first-order chi connectivity index (χ1) is 9.35. The maximum atomic E-state index is 11.8. The molecule has 0 heterocycles. The van der Waals surface area contributed by atoms with Crippen LogP contribution in [0.5, 0.6) is 0 Å². The summed E-state index contributed by atoms with van der Waals surface area (Å²) in [5.74, 6) is -0.733. The molecule has 0 aliphatic heterocycles. The summed E-state index contributed by atoms with van der Waals surface area (Å²) in [4.78, 5) is 23.6. The smallest absolute Gasteiger partial charge is 0.328 e. The van der Waals surface area contributed by atoms with Gasteiger partial charge in [-0.25, -0.2) is 4.79 Å². The largest absolute Gasteiger partial charge is 0.467 e. The fraction of sp³-hybridized carbons (Fsp3) is 0.500. The van der Waals surface area contributed by atoms with Crippen LogP contribution in [0.25, 0.3) is 0 Å². The minimum Gasteiger partial charge on any atom is -0.467 e. The van der Waals surface area contributed by atoms with Crippen LogP contribution in [0.4, 0.5) is 0 Å². The molecular weight excluding hydrogens is 254 g/mol. The lowest BCUT2D eigenvalue weighted by atomic mass is 10.0. The van der Waals surface area contributed by atoms with E-state index in [4.69, 9.17) is 4.74 Å². The average molecular weight is 277 g/mol. The zero-order valence-corrected chi connectivity index (χ0v) is 12.8. The molecule has 0 saturated heterocycles. The number of carbonyl (C=O) groups excluding carboxylic acids is 2. The molecule has 0 aromatic heterocycles. The molecule has 1 rings (SSSR count). The number of nitrogens with one attached hydrogen (secondary N) is 1. The van der Waals surface area contributed by atoms with Gasteiger partial charge in [0.2, 0.25) is 5.91 Å². The van der Waals surface area contributed by atoms with Crippen LogP contribution in [-0.4, -0.2) is 25.0 Å². The lowest BCUT2D eigenvalue weighted by Crippen LogP contribution is -2.44. The quantitative estimate of drug-likeness (QED) is 0.839. The Balaban J connectivity index is 2.86. The van der Waals surface area contributed by atoms with Crippen molar-refractivity contribution in [2.24, 2.45) is 5.92 Å². The Kier molecular flexibility index (Phi) is 5.74. The molecule has 0 fully saturated rings. The molecule has 0 radical (unpaired) electrons. The molecule has 1 amide bonds. The first-order valence-electron chi connectivity index (χ1n) is 6.79. The summed E-state index contributed by atoms with van der Waals surface area (Å²) in [6, 6.07) is 5.38. The van der Waals surface area contributed by atoms with Crippen molar-refractivity contribution in [3.63, 3.8) is 0 Å². The van der Waals surface area contributed by atoms with Crippen molar-refractivity contribution in [2.45, 2.75) is 40.2 Å². The van der Waals surface area contributed by atoms with Gasteiger partial charge < -0.3 is 10.1 Å². The van der Waals surface area contributed by atoms with Gasteiger partial charge in [-0.15, -0.1) is 0 Å². The van der Waals surface area contributed by atoms with E-state index in [1.165, 1.54) is 18.2 Å². The number of rotatable bonds is 5. The Labute approximate surface area is 120 Å². The van der Waals surface area contributed by atoms with E-state index in [1.807, 2.05) is 32.0 Å². The third-order valence-corrected chi connectivity index (χ3v) is 3.34. The van der Waals surface area contributed by atoms with Crippen molar-refractivity contribution < 1.29 is 14.3 Å². The molecule has 4 nitrogen and oxygen atoms in total. The molecule has 0 aliphatic carbocycles. The lowest BCUT2D eigenvalue weighted by molar-refractivity contribution is -0.145. The SMILES string of the molecule is COC(=O)[C@H](Cc1ccc(C)c(C)c1)NC(=O)C(C)C. The summed E-state index contributed by atoms with van der Waals surface area (Å²) < 4.78 is 4.77. The first kappa shape index (κ1) is 16.2. The average Bonchev–Trinajstić information content (AvgIpc) is 2.40. The van der Waals surface area contributed by atoms with Gasteiger partial charge in [-0.05, 0) is 30.5 Å². The van der Waals surface area contributed by atoms with Crippen LogP contribution in [0.2, 0.25) is 0 Å². The fourth-order valence-corrected chi connectivity index (χ4v) is 1.84. The van der Waals surface area contributed by atoms with Gasteiger partial charge in [0.25, 0.3) is 0 Å². The maximum Gasteiger partial charge on any atom is 0.328 e. The van der Waals surface area contributed by atoms with E-state index in [-0.39, 0.29) is 11.8 Å². The zero-order valence-electron chi connectivity index (χ0n) is 12.8. The first-order valence-corrected chi connectivity index (χ1v) is 6.79. The Morgan fingerprint density at radius 3 is 2.35 bits per heavy atom. The highest BCUT2D eigenvalue weighted by Crippen LogP contribution is 2.12. The zero-order chi connectivity index (χ0) is 15.3. The molecule has 1 aromatic rings. The molecule has 1 N–H and O–H groups in total. The van der Waals surface area contributed by atoms with Crippen LogP contribution >= 0.6 is 0 Å². The number of hydrogen-bond donors (Lipinski definition) is 1. The van der Waals surface area contributed by atoms with E-state index >= 15 is 0 Å². The Bertz CT molecular complexity index is 494. The van der Waals surface area contributed by atoms with Crippen LogP contribution in [0.3, 0.4) is 0 Å². The van der Waals surface area contributed by atoms with Gasteiger partial charge in [0, 0.05) is 12.3 Å². The summed E-state index contributed by atoms with van der Waals surface area (Å²) in [6.45, 7) is 7.65. The second-order valence-electron chi connectivity index (χ2n) is 5.36. The topological polar surface area (TPSA) is 55.4 Å². The van der Waals surface area contributed by atoms with Crippen molar-refractivity contribution >= 4 is 11.9 Å². The van der Waals surface area contributed by atoms with Gasteiger partial charge >= 0.3 is 5.97 Å². The predicted molar refractivity (Wildman–Crippen MR) is 78.4 cm³/mol. The minimum absolute atomic E-state index is 0.149. The van der Waals surface area contributed by atoms with Gasteiger partial charge in [-0.1, -0.05) is 32.0 Å². The van der Waals surface area contributed by atoms with Gasteiger partial charge in [0.15, 0.2) is 0 Å². The number of ether oxygens (including phenoxy) is 1. The molecule has 0 spiro atoms. The number of amides is 1. The van der Waals surface area contributed by atoms with Crippen molar-refractivity contribution in [1.82, 2.24) is 5.32 Å². The van der Waals surface area contributed by atoms with Crippen LogP contribution in [0, 0.1) is 19.8 Å². The second kappa shape index (κ2) is 7.08. The Hall–Kier alpha value is -1.84. The maximum absolute atomic E-state index is 11.8. The molecule has 0 bridgehead atoms. The summed E-state index contributed by atoms with van der Waals surface area (Å²) in [5, 5.41) is 2.74. The van der Waals surface area contributed by atoms with Crippen molar-refractivity contribution in [3.8, 4) is 0 Å². The molecule has 1 aromatic carbocycles. The van der Waals surface area contributed by atoms with Gasteiger partial charge in [-0.2, -0.15) is 0 Å². The highest BCUT2D eigenvalue weighted by atomic mass is 16.5. The van der Waals surface area contributed by atoms with E-state index in [0.717, 1.165) is 5.56 Å². The molecular formula is C16H23NO3. The van der Waals surface area contributed by atoms with E-state index < -0.39 is 12.0 Å². The highest BCUT2D eigenvalue weighted by Gasteiger charge is 2.23. The summed E-state index contributed by atoms with van der Waals surface area (Å²) in [7, 11) is 1.33. The normalized spacial score (nSPS) is 12.1. The molecule has 110 valence electrons. The predicted octanol–water partition coefficient (Wildman–Crippen LogP) is 2.16. The molecule has 1 atom stereocenters. The monoisotopic (exact) mass is 277 g/mol. The number of aryl methyl sites for hydroxylation is 2. The number of methoxy groups -OCH3 is 1. The number of esters is 1. The third kappa shape index (κ3) is 4.37. The van der Waals surface area contributed by atoms with E-state index in [9.17, 15) is 9.59 Å². The molecule has 0 saturated carbocycles. The molecule has 4 heteroatoms. The number of hydrogen-bond acceptors (Lipinski definition) is 3. The van der Waals surface area contributed by atoms with Crippen molar-refractivity contribution in [2.75, 3.05) is 7.11 Å². The van der Waals surface area contributed by atoms with E-state index in [0.29, 0.717) is 6.42 Å². The van der Waals surface area contributed by atoms with Crippen LogP contribution in [0.1, 0.15) is 30.5 Å². The third-order valence-electron chi connectivity index (χ3n) is 3.34. The second-order valence-corrected chi connectivity index (χ2v) is 5.36. The van der Waals surface area contributed by atoms with Crippen molar-refractivity contribution in [3.05, 3.63) is 34.9 Å². The van der Waals surface area contributed by atoms with E-state index in [2.05, 4.69) is 5.32 Å². The fourth-order valence-electron chi connectivity index (χ4n) is 1.84. The van der Waals surface area contributed by atoms with Gasteiger partial charge in [0.05, 0.1) is 7.11 Å². The van der Waals surface area contributed by atoms with Crippen LogP contribution < -0.4 is 5.32 Å². The molecule has 0 unspecified atom stereocenters. The number of benzene rings is 1. The standard InChI is InChI=1S/C16H23NO3/c1-10(2)15(18)17-14(16(19)20-5)9-13-7-6-11(3)12(4)8-13/h6-8,10,14H,9H2,1-5H3,(H,17,18)/t14-/m0/s1. The van der Waals surface area contributed by atoms with Crippen LogP contribution in [0.15, 0.2) is 18.2 Å². The van der Waals surface area contributed by atoms with E-state index in [1.54, 1.807) is 13.8 Å². The lowest BCUT2D eigenvalue weighted by Gasteiger charge is -2.18. The van der Waals surface area contributed by atoms with Crippen LogP contribution in [-0.2, 0) is 20.7 Å². The highest BCUT2D eigenvalue weighted by molar-refractivity contribution is 5.85. The minimum atomic E-state index is -0.642. The Morgan fingerprint density at radius 1 is 1.20 bits per heavy atom. The summed E-state index contributed by atoms with van der Waals surface area (Å²) >= 11 is 0. The number of carbonyl (C=O) groups is 2.